The molecule has 0 unspecified atom stereocenters. The summed E-state index contributed by atoms with van der Waals surface area (Å²) in [6, 6.07) is 0. The Morgan fingerprint density at radius 2 is 1.40 bits per heavy atom. The smallest absolute Gasteiger partial charge is 0.160 e. The van der Waals surface area contributed by atoms with Crippen molar-refractivity contribution in [2.75, 3.05) is 13.2 Å². The maximum absolute atomic E-state index is 10.7. The van der Waals surface area contributed by atoms with Crippen molar-refractivity contribution in [1.82, 2.24) is 0 Å². The number of hydrogen-bond acceptors (Lipinski definition) is 7. The summed E-state index contributed by atoms with van der Waals surface area (Å²) < 4.78 is 0. The Balaban J connectivity index is 4.18. The predicted octanol–water partition coefficient (Wildman–Crippen LogP) is -3.63. The van der Waals surface area contributed by atoms with Crippen LogP contribution in [0.25, 0.3) is 0 Å². The standard InChI is InChI=1S/C8H16O7/c9-2-4(11)1-5(12)7(14)8(15)6(13)3-10/h5-10,12-15H,1-3H2/t5-,6+,7+,8+/m0/s1. The van der Waals surface area contributed by atoms with E-state index in [4.69, 9.17) is 20.4 Å². The van der Waals surface area contributed by atoms with Crippen LogP contribution in [0.15, 0.2) is 0 Å². The zero-order valence-electron chi connectivity index (χ0n) is 8.02. The Morgan fingerprint density at radius 1 is 0.933 bits per heavy atom. The average Bonchev–Trinajstić information content (AvgIpc) is 2.25. The molecule has 0 aromatic carbocycles. The van der Waals surface area contributed by atoms with E-state index < -0.39 is 49.8 Å². The molecule has 0 aliphatic rings. The number of carbonyl (C=O) groups excluding carboxylic acids is 1. The van der Waals surface area contributed by atoms with E-state index in [0.717, 1.165) is 0 Å². The van der Waals surface area contributed by atoms with Crippen LogP contribution >= 0.6 is 0 Å². The first-order valence-electron chi connectivity index (χ1n) is 4.39. The molecule has 7 nitrogen and oxygen atoms in total. The fourth-order valence-electron chi connectivity index (χ4n) is 0.982. The molecule has 0 amide bonds. The fourth-order valence-corrected chi connectivity index (χ4v) is 0.982. The highest BCUT2D eigenvalue weighted by molar-refractivity contribution is 5.79. The average molecular weight is 224 g/mol. The molecule has 0 rings (SSSR count). The Kier molecular flexibility index (Phi) is 6.57. The molecule has 0 spiro atoms. The van der Waals surface area contributed by atoms with E-state index >= 15 is 0 Å². The molecular weight excluding hydrogens is 208 g/mol. The summed E-state index contributed by atoms with van der Waals surface area (Å²) in [7, 11) is 0. The van der Waals surface area contributed by atoms with E-state index in [-0.39, 0.29) is 0 Å². The van der Waals surface area contributed by atoms with Gasteiger partial charge in [0.1, 0.15) is 24.9 Å². The fraction of sp³-hybridized carbons (Fsp3) is 0.875. The minimum atomic E-state index is -1.76. The van der Waals surface area contributed by atoms with Gasteiger partial charge in [0.25, 0.3) is 0 Å². The molecule has 0 aromatic heterocycles. The van der Waals surface area contributed by atoms with Crippen molar-refractivity contribution in [3.8, 4) is 0 Å². The summed E-state index contributed by atoms with van der Waals surface area (Å²) in [4.78, 5) is 10.7. The highest BCUT2D eigenvalue weighted by Crippen LogP contribution is 2.08. The summed E-state index contributed by atoms with van der Waals surface area (Å²) in [6.07, 6.45) is -7.24. The third kappa shape index (κ3) is 4.65. The Morgan fingerprint density at radius 3 is 1.80 bits per heavy atom. The van der Waals surface area contributed by atoms with Gasteiger partial charge in [-0.1, -0.05) is 0 Å². The molecular formula is C8H16O7. The van der Waals surface area contributed by atoms with Gasteiger partial charge in [0, 0.05) is 6.42 Å². The van der Waals surface area contributed by atoms with Gasteiger partial charge in [0.05, 0.1) is 12.7 Å². The van der Waals surface area contributed by atoms with Gasteiger partial charge in [0.15, 0.2) is 5.78 Å². The Hall–Kier alpha value is -0.570. The van der Waals surface area contributed by atoms with Crippen LogP contribution in [0.5, 0.6) is 0 Å². The largest absolute Gasteiger partial charge is 0.394 e. The normalized spacial score (nSPS) is 19.3. The van der Waals surface area contributed by atoms with Crippen LogP contribution in [0, 0.1) is 0 Å². The van der Waals surface area contributed by atoms with Gasteiger partial charge in [-0.2, -0.15) is 0 Å². The Bertz CT molecular complexity index is 195. The van der Waals surface area contributed by atoms with E-state index in [9.17, 15) is 15.0 Å². The van der Waals surface area contributed by atoms with Gasteiger partial charge < -0.3 is 30.6 Å². The van der Waals surface area contributed by atoms with Crippen LogP contribution < -0.4 is 0 Å². The SMILES string of the molecule is O=C(CO)C[C@H](O)[C@@H](O)[C@H](O)[C@H](O)CO. The van der Waals surface area contributed by atoms with Gasteiger partial charge in [-0.3, -0.25) is 4.79 Å². The lowest BCUT2D eigenvalue weighted by molar-refractivity contribution is -0.134. The number of carbonyl (C=O) groups is 1. The lowest BCUT2D eigenvalue weighted by Gasteiger charge is -2.25. The number of rotatable bonds is 7. The monoisotopic (exact) mass is 224 g/mol. The van der Waals surface area contributed by atoms with E-state index in [0.29, 0.717) is 0 Å². The first kappa shape index (κ1) is 14.4. The van der Waals surface area contributed by atoms with Crippen molar-refractivity contribution < 1.29 is 35.4 Å². The van der Waals surface area contributed by atoms with Crippen molar-refractivity contribution in [1.29, 1.82) is 0 Å². The van der Waals surface area contributed by atoms with Crippen LogP contribution in [0.4, 0.5) is 0 Å². The molecule has 0 aromatic rings. The van der Waals surface area contributed by atoms with Crippen molar-refractivity contribution >= 4 is 5.78 Å². The van der Waals surface area contributed by atoms with Gasteiger partial charge in [-0.05, 0) is 0 Å². The number of aliphatic hydroxyl groups excluding tert-OH is 6. The first-order valence-corrected chi connectivity index (χ1v) is 4.39. The Labute approximate surface area is 86.2 Å². The topological polar surface area (TPSA) is 138 Å². The van der Waals surface area contributed by atoms with E-state index in [1.165, 1.54) is 0 Å². The molecule has 90 valence electrons. The minimum absolute atomic E-state index is 0.535. The number of Topliss-reactive ketones (excluding diaryl/α,β-unsaturated/α-hetero) is 1. The van der Waals surface area contributed by atoms with Crippen molar-refractivity contribution in [2.24, 2.45) is 0 Å². The lowest BCUT2D eigenvalue weighted by Crippen LogP contribution is -2.46. The minimum Gasteiger partial charge on any atom is -0.394 e. The van der Waals surface area contributed by atoms with Crippen molar-refractivity contribution in [3.63, 3.8) is 0 Å². The second-order valence-electron chi connectivity index (χ2n) is 3.20. The molecule has 0 saturated heterocycles. The molecule has 0 saturated carbocycles. The summed E-state index contributed by atoms with van der Waals surface area (Å²) in [5.74, 6) is -0.702. The number of ketones is 1. The van der Waals surface area contributed by atoms with Crippen molar-refractivity contribution in [2.45, 2.75) is 30.8 Å². The summed E-state index contributed by atoms with van der Waals surface area (Å²) >= 11 is 0. The zero-order valence-corrected chi connectivity index (χ0v) is 8.02. The van der Waals surface area contributed by atoms with Crippen LogP contribution in [0.3, 0.4) is 0 Å². The van der Waals surface area contributed by atoms with Gasteiger partial charge in [-0.25, -0.2) is 0 Å². The van der Waals surface area contributed by atoms with Crippen LogP contribution in [-0.2, 0) is 4.79 Å². The molecule has 0 radical (unpaired) electrons. The van der Waals surface area contributed by atoms with Crippen LogP contribution in [-0.4, -0.2) is 74.1 Å². The van der Waals surface area contributed by atoms with E-state index in [1.807, 2.05) is 0 Å². The maximum atomic E-state index is 10.7. The second-order valence-corrected chi connectivity index (χ2v) is 3.20. The molecule has 7 heteroatoms. The maximum Gasteiger partial charge on any atom is 0.160 e. The summed E-state index contributed by atoms with van der Waals surface area (Å²) in [6.45, 7) is -1.55. The quantitative estimate of drug-likeness (QED) is 0.262. The van der Waals surface area contributed by atoms with Gasteiger partial charge in [0.2, 0.25) is 0 Å². The summed E-state index contributed by atoms with van der Waals surface area (Å²) in [5.41, 5.74) is 0. The number of aliphatic hydroxyl groups is 6. The molecule has 4 atom stereocenters. The van der Waals surface area contributed by atoms with Crippen molar-refractivity contribution in [3.05, 3.63) is 0 Å². The van der Waals surface area contributed by atoms with Gasteiger partial charge in [-0.15, -0.1) is 0 Å². The highest BCUT2D eigenvalue weighted by Gasteiger charge is 2.30. The van der Waals surface area contributed by atoms with Crippen LogP contribution in [0.1, 0.15) is 6.42 Å². The van der Waals surface area contributed by atoms with Gasteiger partial charge >= 0.3 is 0 Å². The summed E-state index contributed by atoms with van der Waals surface area (Å²) in [5, 5.41) is 53.3. The molecule has 0 fully saturated rings. The molecule has 0 aliphatic heterocycles. The molecule has 15 heavy (non-hydrogen) atoms. The molecule has 0 bridgehead atoms. The molecule has 0 aliphatic carbocycles. The van der Waals surface area contributed by atoms with Crippen LogP contribution in [0.2, 0.25) is 0 Å². The highest BCUT2D eigenvalue weighted by atomic mass is 16.4. The molecule has 0 heterocycles. The number of hydrogen-bond donors (Lipinski definition) is 6. The third-order valence-electron chi connectivity index (χ3n) is 1.94. The second kappa shape index (κ2) is 6.83. The third-order valence-corrected chi connectivity index (χ3v) is 1.94. The predicted molar refractivity (Wildman–Crippen MR) is 47.8 cm³/mol. The lowest BCUT2D eigenvalue weighted by atomic mass is 10.00. The molecule has 6 N–H and O–H groups in total. The zero-order chi connectivity index (χ0) is 12.0. The van der Waals surface area contributed by atoms with E-state index in [2.05, 4.69) is 0 Å². The first-order chi connectivity index (χ1) is 6.93. The van der Waals surface area contributed by atoms with E-state index in [1.54, 1.807) is 0 Å².